The number of nitrogens with one attached hydrogen (secondary N) is 2. The maximum absolute atomic E-state index is 3.53. The van der Waals surface area contributed by atoms with E-state index in [9.17, 15) is 0 Å². The number of H-pyrrole nitrogens is 1. The van der Waals surface area contributed by atoms with Crippen LogP contribution in [0, 0.1) is 0 Å². The molecular formula is C19H15N3. The third-order valence-corrected chi connectivity index (χ3v) is 4.39. The molecule has 0 bridgehead atoms. The number of rotatable bonds is 1. The van der Waals surface area contributed by atoms with Crippen LogP contribution in [0.3, 0.4) is 0 Å². The lowest BCUT2D eigenvalue weighted by Crippen LogP contribution is -2.26. The third kappa shape index (κ3) is 1.54. The Bertz CT molecular complexity index is 986. The summed E-state index contributed by atoms with van der Waals surface area (Å²) in [6.45, 7) is 0.861. The molecule has 0 aliphatic carbocycles. The van der Waals surface area contributed by atoms with Crippen molar-refractivity contribution in [1.29, 1.82) is 0 Å². The zero-order chi connectivity index (χ0) is 14.5. The molecule has 0 saturated carbocycles. The van der Waals surface area contributed by atoms with Gasteiger partial charge >= 0.3 is 0 Å². The first-order valence-electron chi connectivity index (χ1n) is 7.53. The average Bonchev–Trinajstić information content (AvgIpc) is 3.16. The van der Waals surface area contributed by atoms with Crippen LogP contribution >= 0.6 is 0 Å². The fourth-order valence-electron chi connectivity index (χ4n) is 3.41. The highest BCUT2D eigenvalue weighted by molar-refractivity contribution is 6.15. The molecule has 0 atom stereocenters. The molecular weight excluding hydrogens is 270 g/mol. The summed E-state index contributed by atoms with van der Waals surface area (Å²) in [5.41, 5.74) is 9.64. The van der Waals surface area contributed by atoms with Gasteiger partial charge in [0.15, 0.2) is 0 Å². The van der Waals surface area contributed by atoms with Crippen LogP contribution in [0.4, 0.5) is 11.4 Å². The number of benzene rings is 3. The van der Waals surface area contributed by atoms with E-state index in [4.69, 9.17) is 0 Å². The van der Waals surface area contributed by atoms with Crippen molar-refractivity contribution in [1.82, 2.24) is 10.4 Å². The minimum Gasteiger partial charge on any atom is -0.354 e. The Kier molecular flexibility index (Phi) is 2.34. The Labute approximate surface area is 128 Å². The fourth-order valence-corrected chi connectivity index (χ4v) is 3.41. The van der Waals surface area contributed by atoms with Gasteiger partial charge in [0.05, 0.1) is 11.4 Å². The maximum atomic E-state index is 3.53. The Morgan fingerprint density at radius 1 is 0.773 bits per heavy atom. The number of aromatic amines is 1. The predicted octanol–water partition coefficient (Wildman–Crippen LogP) is 4.48. The van der Waals surface area contributed by atoms with E-state index >= 15 is 0 Å². The number of hydrogen-bond donors (Lipinski definition) is 2. The van der Waals surface area contributed by atoms with Crippen LogP contribution in [0.2, 0.25) is 0 Å². The zero-order valence-electron chi connectivity index (χ0n) is 12.0. The minimum absolute atomic E-state index is 0.861. The second-order valence-corrected chi connectivity index (χ2v) is 5.67. The van der Waals surface area contributed by atoms with Gasteiger partial charge < -0.3 is 4.98 Å². The topological polar surface area (TPSA) is 31.1 Å². The summed E-state index contributed by atoms with van der Waals surface area (Å²) >= 11 is 0. The van der Waals surface area contributed by atoms with Gasteiger partial charge in [0.25, 0.3) is 0 Å². The van der Waals surface area contributed by atoms with E-state index in [1.807, 2.05) is 6.07 Å². The van der Waals surface area contributed by atoms with Crippen molar-refractivity contribution in [3.8, 4) is 0 Å². The molecule has 5 rings (SSSR count). The molecule has 3 heteroatoms. The van der Waals surface area contributed by atoms with Crippen LogP contribution in [0.25, 0.3) is 21.8 Å². The molecule has 0 spiro atoms. The zero-order valence-corrected chi connectivity index (χ0v) is 12.0. The molecule has 2 N–H and O–H groups in total. The van der Waals surface area contributed by atoms with Gasteiger partial charge in [0.2, 0.25) is 0 Å². The second-order valence-electron chi connectivity index (χ2n) is 5.67. The highest BCUT2D eigenvalue weighted by Crippen LogP contribution is 2.41. The van der Waals surface area contributed by atoms with Crippen LogP contribution in [0.1, 0.15) is 5.56 Å². The predicted molar refractivity (Wildman–Crippen MR) is 91.2 cm³/mol. The Hall–Kier alpha value is -2.78. The van der Waals surface area contributed by atoms with Crippen LogP contribution in [-0.2, 0) is 6.54 Å². The van der Waals surface area contributed by atoms with Crippen LogP contribution in [-0.4, -0.2) is 4.98 Å². The number of hydrazine groups is 1. The summed E-state index contributed by atoms with van der Waals surface area (Å²) < 4.78 is 0. The molecule has 0 amide bonds. The smallest absolute Gasteiger partial charge is 0.0723 e. The highest BCUT2D eigenvalue weighted by Gasteiger charge is 2.24. The van der Waals surface area contributed by atoms with Gasteiger partial charge in [-0.25, -0.2) is 5.43 Å². The standard InChI is InChI=1S/C19H15N3/c1-2-6-14(7-3-1)22-19-13(12-20-22)10-11-17-18(19)15-8-4-5-9-16(15)21-17/h1-11,20-21H,12H2. The first-order valence-corrected chi connectivity index (χ1v) is 7.53. The summed E-state index contributed by atoms with van der Waals surface area (Å²) in [5.74, 6) is 0. The summed E-state index contributed by atoms with van der Waals surface area (Å²) in [6.07, 6.45) is 0. The first-order chi connectivity index (χ1) is 10.9. The third-order valence-electron chi connectivity index (χ3n) is 4.39. The number of fused-ring (bicyclic) bond motifs is 5. The quantitative estimate of drug-likeness (QED) is 0.540. The van der Waals surface area contributed by atoms with Gasteiger partial charge in [-0.05, 0) is 29.8 Å². The summed E-state index contributed by atoms with van der Waals surface area (Å²) in [5, 5.41) is 4.78. The van der Waals surface area contributed by atoms with E-state index in [0.717, 1.165) is 6.54 Å². The molecule has 1 aromatic heterocycles. The van der Waals surface area contributed by atoms with E-state index < -0.39 is 0 Å². The molecule has 3 nitrogen and oxygen atoms in total. The van der Waals surface area contributed by atoms with Gasteiger partial charge in [-0.15, -0.1) is 0 Å². The van der Waals surface area contributed by atoms with Crippen molar-refractivity contribution in [2.24, 2.45) is 0 Å². The van der Waals surface area contributed by atoms with E-state index in [0.29, 0.717) is 0 Å². The molecule has 4 aromatic rings. The van der Waals surface area contributed by atoms with Crippen molar-refractivity contribution < 1.29 is 0 Å². The molecule has 0 fully saturated rings. The van der Waals surface area contributed by atoms with E-state index in [1.54, 1.807) is 0 Å². The normalized spacial score (nSPS) is 13.9. The van der Waals surface area contributed by atoms with Gasteiger partial charge in [-0.3, -0.25) is 5.01 Å². The summed E-state index contributed by atoms with van der Waals surface area (Å²) in [7, 11) is 0. The average molecular weight is 285 g/mol. The Morgan fingerprint density at radius 3 is 2.50 bits per heavy atom. The van der Waals surface area contributed by atoms with E-state index in [1.165, 1.54) is 38.7 Å². The van der Waals surface area contributed by atoms with Gasteiger partial charge in [0.1, 0.15) is 0 Å². The Morgan fingerprint density at radius 2 is 1.59 bits per heavy atom. The van der Waals surface area contributed by atoms with Crippen LogP contribution < -0.4 is 10.4 Å². The first kappa shape index (κ1) is 11.8. The van der Waals surface area contributed by atoms with Crippen molar-refractivity contribution in [3.05, 3.63) is 72.3 Å². The number of hydrogen-bond acceptors (Lipinski definition) is 2. The number of aromatic nitrogens is 1. The summed E-state index contributed by atoms with van der Waals surface area (Å²) in [4.78, 5) is 3.53. The van der Waals surface area contributed by atoms with Gasteiger partial charge in [-0.2, -0.15) is 0 Å². The number of nitrogens with zero attached hydrogens (tertiary/aromatic N) is 1. The van der Waals surface area contributed by atoms with Crippen molar-refractivity contribution >= 4 is 33.2 Å². The molecule has 2 heterocycles. The Balaban J connectivity index is 1.86. The highest BCUT2D eigenvalue weighted by atomic mass is 15.5. The van der Waals surface area contributed by atoms with Crippen LogP contribution in [0.5, 0.6) is 0 Å². The molecule has 1 aliphatic rings. The van der Waals surface area contributed by atoms with Crippen LogP contribution in [0.15, 0.2) is 66.7 Å². The maximum Gasteiger partial charge on any atom is 0.0723 e. The van der Waals surface area contributed by atoms with E-state index in [2.05, 4.69) is 76.1 Å². The lowest BCUT2D eigenvalue weighted by atomic mass is 10.1. The molecule has 0 unspecified atom stereocenters. The van der Waals surface area contributed by atoms with E-state index in [-0.39, 0.29) is 0 Å². The number of para-hydroxylation sites is 2. The van der Waals surface area contributed by atoms with Crippen molar-refractivity contribution in [2.45, 2.75) is 6.54 Å². The van der Waals surface area contributed by atoms with Crippen molar-refractivity contribution in [2.75, 3.05) is 5.01 Å². The SMILES string of the molecule is c1ccc(N2NCc3ccc4[nH]c5ccccc5c4c32)cc1. The molecule has 1 aliphatic heterocycles. The molecule has 22 heavy (non-hydrogen) atoms. The molecule has 3 aromatic carbocycles. The summed E-state index contributed by atoms with van der Waals surface area (Å²) in [6, 6.07) is 23.4. The second kappa shape index (κ2) is 4.36. The largest absolute Gasteiger partial charge is 0.354 e. The number of anilines is 2. The fraction of sp³-hybridized carbons (Fsp3) is 0.0526. The van der Waals surface area contributed by atoms with Crippen molar-refractivity contribution in [3.63, 3.8) is 0 Å². The molecule has 106 valence electrons. The molecule has 0 saturated heterocycles. The minimum atomic E-state index is 0.861. The van der Waals surface area contributed by atoms with Gasteiger partial charge in [-0.1, -0.05) is 42.5 Å². The monoisotopic (exact) mass is 285 g/mol. The molecule has 0 radical (unpaired) electrons. The lowest BCUT2D eigenvalue weighted by molar-refractivity contribution is 0.766. The lowest BCUT2D eigenvalue weighted by Gasteiger charge is -2.20. The van der Waals surface area contributed by atoms with Gasteiger partial charge in [0, 0.05) is 28.4 Å².